The Balaban J connectivity index is 1.93. The van der Waals surface area contributed by atoms with Gasteiger partial charge in [0.25, 0.3) is 11.7 Å². The van der Waals surface area contributed by atoms with Gasteiger partial charge in [-0.15, -0.1) is 0 Å². The molecule has 1 fully saturated rings. The highest BCUT2D eigenvalue weighted by Gasteiger charge is 2.39. The molecule has 1 heterocycles. The number of hydrogen-bond acceptors (Lipinski definition) is 3. The fraction of sp³-hybridized carbons (Fsp3) is 0.471. The zero-order valence-electron chi connectivity index (χ0n) is 12.4. The first-order valence-corrected chi connectivity index (χ1v) is 7.50. The SMILES string of the molecule is Cc1ccc2c(c1C)N(CC(=O)C1CCCC1)C(=O)C2=O. The summed E-state index contributed by atoms with van der Waals surface area (Å²) in [6.45, 7) is 3.87. The molecule has 3 rings (SSSR count). The van der Waals surface area contributed by atoms with Crippen LogP contribution in [0.1, 0.15) is 47.2 Å². The van der Waals surface area contributed by atoms with Crippen LogP contribution in [0.4, 0.5) is 5.69 Å². The molecule has 1 amide bonds. The van der Waals surface area contributed by atoms with Crippen LogP contribution in [0.25, 0.3) is 0 Å². The van der Waals surface area contributed by atoms with Gasteiger partial charge in [0.1, 0.15) is 0 Å². The van der Waals surface area contributed by atoms with Gasteiger partial charge in [0.05, 0.1) is 17.8 Å². The van der Waals surface area contributed by atoms with Crippen LogP contribution in [-0.4, -0.2) is 24.0 Å². The van der Waals surface area contributed by atoms with Crippen molar-refractivity contribution in [1.29, 1.82) is 0 Å². The molecule has 1 saturated carbocycles. The average Bonchev–Trinajstić information content (AvgIpc) is 3.07. The van der Waals surface area contributed by atoms with E-state index in [0.29, 0.717) is 11.3 Å². The monoisotopic (exact) mass is 285 g/mol. The van der Waals surface area contributed by atoms with Gasteiger partial charge in [-0.25, -0.2) is 0 Å². The lowest BCUT2D eigenvalue weighted by Gasteiger charge is -2.20. The lowest BCUT2D eigenvalue weighted by atomic mass is 10.0. The molecule has 110 valence electrons. The van der Waals surface area contributed by atoms with Crippen molar-refractivity contribution in [3.63, 3.8) is 0 Å². The van der Waals surface area contributed by atoms with Gasteiger partial charge in [0.15, 0.2) is 5.78 Å². The summed E-state index contributed by atoms with van der Waals surface area (Å²) in [5.41, 5.74) is 3.00. The summed E-state index contributed by atoms with van der Waals surface area (Å²) in [7, 11) is 0. The zero-order valence-corrected chi connectivity index (χ0v) is 12.4. The number of nitrogens with zero attached hydrogens (tertiary/aromatic N) is 1. The lowest BCUT2D eigenvalue weighted by Crippen LogP contribution is -2.37. The smallest absolute Gasteiger partial charge is 0.297 e. The van der Waals surface area contributed by atoms with Crippen LogP contribution >= 0.6 is 0 Å². The molecule has 0 saturated heterocycles. The van der Waals surface area contributed by atoms with E-state index >= 15 is 0 Å². The first kappa shape index (κ1) is 14.0. The van der Waals surface area contributed by atoms with E-state index in [0.717, 1.165) is 36.8 Å². The molecule has 2 aliphatic rings. The summed E-state index contributed by atoms with van der Waals surface area (Å²) in [4.78, 5) is 38.0. The largest absolute Gasteiger partial charge is 0.299 e. The van der Waals surface area contributed by atoms with Crippen molar-refractivity contribution in [2.75, 3.05) is 11.4 Å². The Hall–Kier alpha value is -1.97. The van der Waals surface area contributed by atoms with Crippen LogP contribution in [-0.2, 0) is 9.59 Å². The minimum atomic E-state index is -0.565. The topological polar surface area (TPSA) is 54.5 Å². The molecule has 1 aromatic rings. The Morgan fingerprint density at radius 3 is 2.52 bits per heavy atom. The third-order valence-electron chi connectivity index (χ3n) is 4.78. The Kier molecular flexibility index (Phi) is 3.40. The summed E-state index contributed by atoms with van der Waals surface area (Å²) in [6, 6.07) is 3.54. The molecule has 21 heavy (non-hydrogen) atoms. The van der Waals surface area contributed by atoms with Gasteiger partial charge in [0.2, 0.25) is 0 Å². The van der Waals surface area contributed by atoms with E-state index in [-0.39, 0.29) is 18.2 Å². The van der Waals surface area contributed by atoms with E-state index in [1.165, 1.54) is 4.90 Å². The summed E-state index contributed by atoms with van der Waals surface area (Å²) in [6.07, 6.45) is 3.99. The van der Waals surface area contributed by atoms with Crippen molar-refractivity contribution in [3.8, 4) is 0 Å². The van der Waals surface area contributed by atoms with Crippen molar-refractivity contribution < 1.29 is 14.4 Å². The maximum absolute atomic E-state index is 12.4. The van der Waals surface area contributed by atoms with Gasteiger partial charge in [-0.3, -0.25) is 19.3 Å². The minimum absolute atomic E-state index is 0.0343. The molecule has 4 heteroatoms. The Morgan fingerprint density at radius 2 is 1.86 bits per heavy atom. The average molecular weight is 285 g/mol. The molecule has 0 spiro atoms. The number of rotatable bonds is 3. The number of carbonyl (C=O) groups is 3. The molecular weight excluding hydrogens is 266 g/mol. The third kappa shape index (κ3) is 2.19. The number of carbonyl (C=O) groups excluding carboxylic acids is 3. The molecule has 0 unspecified atom stereocenters. The van der Waals surface area contributed by atoms with Crippen molar-refractivity contribution in [2.45, 2.75) is 39.5 Å². The van der Waals surface area contributed by atoms with Crippen molar-refractivity contribution in [1.82, 2.24) is 0 Å². The molecule has 0 radical (unpaired) electrons. The first-order valence-electron chi connectivity index (χ1n) is 7.50. The highest BCUT2D eigenvalue weighted by molar-refractivity contribution is 6.52. The molecule has 0 N–H and O–H groups in total. The Morgan fingerprint density at radius 1 is 1.19 bits per heavy atom. The molecule has 0 bridgehead atoms. The third-order valence-corrected chi connectivity index (χ3v) is 4.78. The second-order valence-corrected chi connectivity index (χ2v) is 6.07. The molecule has 0 atom stereocenters. The van der Waals surface area contributed by atoms with Crippen LogP contribution in [0, 0.1) is 19.8 Å². The van der Waals surface area contributed by atoms with E-state index in [1.54, 1.807) is 6.07 Å². The maximum atomic E-state index is 12.4. The number of benzene rings is 1. The van der Waals surface area contributed by atoms with Crippen LogP contribution in [0.3, 0.4) is 0 Å². The van der Waals surface area contributed by atoms with Crippen LogP contribution in [0.5, 0.6) is 0 Å². The Bertz CT molecular complexity index is 642. The van der Waals surface area contributed by atoms with E-state index in [4.69, 9.17) is 0 Å². The van der Waals surface area contributed by atoms with Gasteiger partial charge < -0.3 is 0 Å². The first-order chi connectivity index (χ1) is 10.0. The van der Waals surface area contributed by atoms with Crippen LogP contribution in [0.2, 0.25) is 0 Å². The number of anilines is 1. The van der Waals surface area contributed by atoms with E-state index in [2.05, 4.69) is 0 Å². The predicted molar refractivity (Wildman–Crippen MR) is 79.6 cm³/mol. The lowest BCUT2D eigenvalue weighted by molar-refractivity contribution is -0.123. The highest BCUT2D eigenvalue weighted by atomic mass is 16.2. The number of hydrogen-bond donors (Lipinski definition) is 0. The second kappa shape index (κ2) is 5.10. The van der Waals surface area contributed by atoms with E-state index in [1.807, 2.05) is 19.9 Å². The molecule has 1 aromatic carbocycles. The summed E-state index contributed by atoms with van der Waals surface area (Å²) >= 11 is 0. The summed E-state index contributed by atoms with van der Waals surface area (Å²) < 4.78 is 0. The molecule has 0 aromatic heterocycles. The Labute approximate surface area is 124 Å². The van der Waals surface area contributed by atoms with Gasteiger partial charge >= 0.3 is 0 Å². The van der Waals surface area contributed by atoms with E-state index in [9.17, 15) is 14.4 Å². The van der Waals surface area contributed by atoms with Crippen molar-refractivity contribution in [3.05, 3.63) is 28.8 Å². The number of amides is 1. The predicted octanol–water partition coefficient (Wildman–Crippen LogP) is 2.59. The maximum Gasteiger partial charge on any atom is 0.299 e. The minimum Gasteiger partial charge on any atom is -0.297 e. The van der Waals surface area contributed by atoms with Gasteiger partial charge in [-0.1, -0.05) is 18.9 Å². The standard InChI is InChI=1S/C17H19NO3/c1-10-7-8-13-15(11(10)2)18(17(21)16(13)20)9-14(19)12-5-3-4-6-12/h7-8,12H,3-6,9H2,1-2H3. The van der Waals surface area contributed by atoms with Crippen molar-refractivity contribution in [2.24, 2.45) is 5.92 Å². The molecule has 4 nitrogen and oxygen atoms in total. The summed E-state index contributed by atoms with van der Waals surface area (Å²) in [5.74, 6) is -0.915. The molecule has 1 aliphatic carbocycles. The van der Waals surface area contributed by atoms with Crippen LogP contribution in [0.15, 0.2) is 12.1 Å². The fourth-order valence-corrected chi connectivity index (χ4v) is 3.36. The van der Waals surface area contributed by atoms with Crippen LogP contribution < -0.4 is 4.90 Å². The van der Waals surface area contributed by atoms with Gasteiger partial charge in [-0.2, -0.15) is 0 Å². The van der Waals surface area contributed by atoms with E-state index < -0.39 is 11.7 Å². The number of Topliss-reactive ketones (excluding diaryl/α,β-unsaturated/α-hetero) is 2. The number of fused-ring (bicyclic) bond motifs is 1. The van der Waals surface area contributed by atoms with Crippen molar-refractivity contribution >= 4 is 23.2 Å². The van der Waals surface area contributed by atoms with Gasteiger partial charge in [0, 0.05) is 5.92 Å². The second-order valence-electron chi connectivity index (χ2n) is 6.07. The number of ketones is 2. The quantitative estimate of drug-likeness (QED) is 0.802. The molecular formula is C17H19NO3. The zero-order chi connectivity index (χ0) is 15.1. The highest BCUT2D eigenvalue weighted by Crippen LogP contribution is 2.35. The molecule has 1 aliphatic heterocycles. The summed E-state index contributed by atoms with van der Waals surface area (Å²) in [5, 5.41) is 0. The fourth-order valence-electron chi connectivity index (χ4n) is 3.36. The van der Waals surface area contributed by atoms with Gasteiger partial charge in [-0.05, 0) is 43.9 Å². The normalized spacial score (nSPS) is 18.5. The number of aryl methyl sites for hydroxylation is 1.